The molecule has 1 saturated carbocycles. The molecule has 1 aromatic heterocycles. The molecule has 0 radical (unpaired) electrons. The summed E-state index contributed by atoms with van der Waals surface area (Å²) < 4.78 is 7.71. The quantitative estimate of drug-likeness (QED) is 0.903. The zero-order valence-electron chi connectivity index (χ0n) is 14.3. The van der Waals surface area contributed by atoms with Crippen LogP contribution < -0.4 is 5.32 Å². The van der Waals surface area contributed by atoms with Crippen molar-refractivity contribution in [2.75, 3.05) is 26.3 Å². The molecule has 3 fully saturated rings. The van der Waals surface area contributed by atoms with E-state index in [2.05, 4.69) is 33.1 Å². The van der Waals surface area contributed by atoms with Crippen LogP contribution >= 0.6 is 0 Å². The van der Waals surface area contributed by atoms with E-state index in [0.29, 0.717) is 18.0 Å². The van der Waals surface area contributed by atoms with Crippen molar-refractivity contribution >= 4 is 0 Å². The molecule has 4 rings (SSSR count). The van der Waals surface area contributed by atoms with E-state index in [0.717, 1.165) is 25.8 Å². The van der Waals surface area contributed by atoms with E-state index in [1.807, 2.05) is 6.20 Å². The van der Waals surface area contributed by atoms with Crippen molar-refractivity contribution in [1.29, 1.82) is 0 Å². The topological polar surface area (TPSA) is 42.3 Å². The summed E-state index contributed by atoms with van der Waals surface area (Å²) >= 11 is 0. The highest BCUT2D eigenvalue weighted by Gasteiger charge is 2.41. The molecule has 1 unspecified atom stereocenters. The largest absolute Gasteiger partial charge is 0.380 e. The summed E-state index contributed by atoms with van der Waals surface area (Å²) in [5.41, 5.74) is 1.39. The maximum Gasteiger partial charge on any atom is 0.0619 e. The zero-order valence-corrected chi connectivity index (χ0v) is 14.3. The van der Waals surface area contributed by atoms with Crippen LogP contribution in [0, 0.1) is 5.92 Å². The summed E-state index contributed by atoms with van der Waals surface area (Å²) in [7, 11) is 2.09. The standard InChI is InChI=1S/C18H30N4O/c1-21-17(8-9-20-21)18-14(4-2-10-22(18)16-6-7-16)12-19-15-5-3-11-23-13-15/h8-9,14-16,18-19H,2-7,10-13H2,1H3/t14-,15?,18+/m0/s1. The molecular formula is C18H30N4O. The Bertz CT molecular complexity index is 507. The Balaban J connectivity index is 1.47. The molecule has 2 aliphatic heterocycles. The molecule has 5 nitrogen and oxygen atoms in total. The van der Waals surface area contributed by atoms with Crippen molar-refractivity contribution in [2.24, 2.45) is 13.0 Å². The van der Waals surface area contributed by atoms with Gasteiger partial charge in [-0.05, 0) is 57.1 Å². The number of aromatic nitrogens is 2. The highest BCUT2D eigenvalue weighted by Crippen LogP contribution is 2.42. The molecule has 3 atom stereocenters. The monoisotopic (exact) mass is 318 g/mol. The third-order valence-corrected chi connectivity index (χ3v) is 5.80. The van der Waals surface area contributed by atoms with Crippen LogP contribution in [0.1, 0.15) is 50.3 Å². The molecule has 0 amide bonds. The van der Waals surface area contributed by atoms with Crippen LogP contribution in [0.15, 0.2) is 12.3 Å². The van der Waals surface area contributed by atoms with E-state index < -0.39 is 0 Å². The Morgan fingerprint density at radius 2 is 2.17 bits per heavy atom. The van der Waals surface area contributed by atoms with E-state index in [-0.39, 0.29) is 0 Å². The lowest BCUT2D eigenvalue weighted by Gasteiger charge is -2.42. The maximum absolute atomic E-state index is 5.62. The fourth-order valence-corrected chi connectivity index (χ4v) is 4.44. The number of piperidine rings is 1. The molecule has 0 spiro atoms. The molecule has 1 N–H and O–H groups in total. The molecule has 5 heteroatoms. The second kappa shape index (κ2) is 6.91. The van der Waals surface area contributed by atoms with Crippen LogP contribution in [-0.2, 0) is 11.8 Å². The molecule has 1 aromatic rings. The van der Waals surface area contributed by atoms with Crippen molar-refractivity contribution in [2.45, 2.75) is 56.7 Å². The van der Waals surface area contributed by atoms with E-state index in [1.54, 1.807) is 0 Å². The van der Waals surface area contributed by atoms with Gasteiger partial charge in [-0.1, -0.05) is 0 Å². The van der Waals surface area contributed by atoms with Gasteiger partial charge in [0.1, 0.15) is 0 Å². The Morgan fingerprint density at radius 1 is 1.26 bits per heavy atom. The summed E-state index contributed by atoms with van der Waals surface area (Å²) in [6.45, 7) is 4.18. The minimum Gasteiger partial charge on any atom is -0.380 e. The van der Waals surface area contributed by atoms with Crippen LogP contribution in [0.3, 0.4) is 0 Å². The normalized spacial score (nSPS) is 33.0. The Hall–Kier alpha value is -0.910. The smallest absolute Gasteiger partial charge is 0.0619 e. The van der Waals surface area contributed by atoms with Gasteiger partial charge in [-0.3, -0.25) is 9.58 Å². The van der Waals surface area contributed by atoms with Gasteiger partial charge in [-0.15, -0.1) is 0 Å². The van der Waals surface area contributed by atoms with Crippen LogP contribution in [-0.4, -0.2) is 53.1 Å². The van der Waals surface area contributed by atoms with Gasteiger partial charge in [-0.25, -0.2) is 0 Å². The number of hydrogen-bond donors (Lipinski definition) is 1. The van der Waals surface area contributed by atoms with E-state index >= 15 is 0 Å². The number of aryl methyl sites for hydroxylation is 1. The average molecular weight is 318 g/mol. The first-order chi connectivity index (χ1) is 11.3. The van der Waals surface area contributed by atoms with Gasteiger partial charge in [0.25, 0.3) is 0 Å². The van der Waals surface area contributed by atoms with Crippen molar-refractivity contribution in [1.82, 2.24) is 20.0 Å². The van der Waals surface area contributed by atoms with Gasteiger partial charge in [-0.2, -0.15) is 5.10 Å². The third-order valence-electron chi connectivity index (χ3n) is 5.80. The van der Waals surface area contributed by atoms with E-state index in [9.17, 15) is 0 Å². The first-order valence-electron chi connectivity index (χ1n) is 9.37. The summed E-state index contributed by atoms with van der Waals surface area (Å²) in [6, 6.07) is 4.12. The van der Waals surface area contributed by atoms with Crippen LogP contribution in [0.25, 0.3) is 0 Å². The molecule has 23 heavy (non-hydrogen) atoms. The minimum absolute atomic E-state index is 0.528. The number of nitrogens with one attached hydrogen (secondary N) is 1. The van der Waals surface area contributed by atoms with Gasteiger partial charge in [0, 0.05) is 38.5 Å². The Labute approximate surface area is 139 Å². The highest BCUT2D eigenvalue weighted by atomic mass is 16.5. The fourth-order valence-electron chi connectivity index (χ4n) is 4.44. The first kappa shape index (κ1) is 15.6. The average Bonchev–Trinajstić information content (AvgIpc) is 3.35. The fraction of sp³-hybridized carbons (Fsp3) is 0.833. The lowest BCUT2D eigenvalue weighted by atomic mass is 9.86. The van der Waals surface area contributed by atoms with Crippen molar-refractivity contribution < 1.29 is 4.74 Å². The Kier molecular flexibility index (Phi) is 4.69. The lowest BCUT2D eigenvalue weighted by molar-refractivity contribution is 0.0531. The summed E-state index contributed by atoms with van der Waals surface area (Å²) in [5.74, 6) is 0.682. The number of likely N-dealkylation sites (tertiary alicyclic amines) is 1. The summed E-state index contributed by atoms with van der Waals surface area (Å²) in [5, 5.41) is 8.24. The van der Waals surface area contributed by atoms with Crippen molar-refractivity contribution in [3.63, 3.8) is 0 Å². The number of nitrogens with zero attached hydrogens (tertiary/aromatic N) is 3. The second-order valence-electron chi connectivity index (χ2n) is 7.52. The maximum atomic E-state index is 5.62. The summed E-state index contributed by atoms with van der Waals surface area (Å²) in [4.78, 5) is 2.77. The Morgan fingerprint density at radius 3 is 2.87 bits per heavy atom. The molecular weight excluding hydrogens is 288 g/mol. The molecule has 0 bridgehead atoms. The van der Waals surface area contributed by atoms with Gasteiger partial charge in [0.2, 0.25) is 0 Å². The highest BCUT2D eigenvalue weighted by molar-refractivity contribution is 5.12. The van der Waals surface area contributed by atoms with Gasteiger partial charge >= 0.3 is 0 Å². The molecule has 3 aliphatic rings. The number of rotatable bonds is 5. The summed E-state index contributed by atoms with van der Waals surface area (Å²) in [6.07, 6.45) is 9.82. The molecule has 0 aromatic carbocycles. The lowest BCUT2D eigenvalue weighted by Crippen LogP contribution is -2.47. The van der Waals surface area contributed by atoms with Crippen LogP contribution in [0.2, 0.25) is 0 Å². The minimum atomic E-state index is 0.528. The molecule has 128 valence electrons. The van der Waals surface area contributed by atoms with Crippen molar-refractivity contribution in [3.05, 3.63) is 18.0 Å². The molecule has 3 heterocycles. The van der Waals surface area contributed by atoms with Crippen molar-refractivity contribution in [3.8, 4) is 0 Å². The molecule has 2 saturated heterocycles. The van der Waals surface area contributed by atoms with Gasteiger partial charge in [0.05, 0.1) is 18.3 Å². The number of hydrogen-bond acceptors (Lipinski definition) is 4. The van der Waals surface area contributed by atoms with Crippen LogP contribution in [0.4, 0.5) is 0 Å². The number of ether oxygens (including phenoxy) is 1. The predicted octanol–water partition coefficient (Wildman–Crippen LogP) is 2.10. The molecule has 1 aliphatic carbocycles. The van der Waals surface area contributed by atoms with Gasteiger partial charge < -0.3 is 10.1 Å². The zero-order chi connectivity index (χ0) is 15.6. The first-order valence-corrected chi connectivity index (χ1v) is 9.37. The van der Waals surface area contributed by atoms with Crippen LogP contribution in [0.5, 0.6) is 0 Å². The van der Waals surface area contributed by atoms with E-state index in [4.69, 9.17) is 4.74 Å². The SMILES string of the molecule is Cn1nccc1[C@H]1[C@H](CNC2CCCOC2)CCCN1C1CC1. The second-order valence-corrected chi connectivity index (χ2v) is 7.52. The predicted molar refractivity (Wildman–Crippen MR) is 90.2 cm³/mol. The third kappa shape index (κ3) is 3.47. The van der Waals surface area contributed by atoms with E-state index in [1.165, 1.54) is 50.8 Å². The van der Waals surface area contributed by atoms with Gasteiger partial charge in [0.15, 0.2) is 0 Å².